The van der Waals surface area contributed by atoms with Crippen LogP contribution in [0.3, 0.4) is 0 Å². The monoisotopic (exact) mass is 331 g/mol. The van der Waals surface area contributed by atoms with E-state index in [2.05, 4.69) is 5.32 Å². The van der Waals surface area contributed by atoms with Gasteiger partial charge >= 0.3 is 5.97 Å². The van der Waals surface area contributed by atoms with Gasteiger partial charge in [-0.1, -0.05) is 12.1 Å². The number of hydrogen-bond acceptors (Lipinski definition) is 6. The standard InChI is InChI=1S/C16H17N3O5/c17-7-3-8-18-14(20)11-24-16(22)10-19-12-4-1-2-5-13(12)23-9-6-15(19)21/h1-2,4-5H,3,6,8-11H2,(H,18,20). The van der Waals surface area contributed by atoms with Crippen molar-refractivity contribution in [2.45, 2.75) is 12.8 Å². The highest BCUT2D eigenvalue weighted by Crippen LogP contribution is 2.30. The zero-order valence-electron chi connectivity index (χ0n) is 13.0. The lowest BCUT2D eigenvalue weighted by Gasteiger charge is -2.20. The first-order chi connectivity index (χ1) is 11.6. The van der Waals surface area contributed by atoms with Crippen molar-refractivity contribution in [1.82, 2.24) is 5.32 Å². The van der Waals surface area contributed by atoms with Gasteiger partial charge in [0.2, 0.25) is 5.91 Å². The molecule has 0 fully saturated rings. The van der Waals surface area contributed by atoms with Gasteiger partial charge in [-0.2, -0.15) is 5.26 Å². The Hall–Kier alpha value is -3.08. The number of benzene rings is 1. The summed E-state index contributed by atoms with van der Waals surface area (Å²) in [4.78, 5) is 36.8. The number of ether oxygens (including phenoxy) is 2. The molecule has 1 aromatic carbocycles. The Bertz CT molecular complexity index is 668. The number of carbonyl (C=O) groups is 3. The van der Waals surface area contributed by atoms with E-state index in [1.165, 1.54) is 4.90 Å². The van der Waals surface area contributed by atoms with Crippen LogP contribution in [-0.4, -0.2) is 44.1 Å². The maximum Gasteiger partial charge on any atom is 0.326 e. The molecule has 8 heteroatoms. The van der Waals surface area contributed by atoms with Crippen molar-refractivity contribution < 1.29 is 23.9 Å². The molecule has 0 bridgehead atoms. The van der Waals surface area contributed by atoms with E-state index >= 15 is 0 Å². The number of amides is 2. The maximum atomic E-state index is 12.2. The van der Waals surface area contributed by atoms with E-state index < -0.39 is 18.5 Å². The van der Waals surface area contributed by atoms with Crippen molar-refractivity contribution in [3.8, 4) is 11.8 Å². The van der Waals surface area contributed by atoms with Crippen LogP contribution in [-0.2, 0) is 19.1 Å². The molecule has 126 valence electrons. The molecule has 8 nitrogen and oxygen atoms in total. The molecular weight excluding hydrogens is 314 g/mol. The third-order valence-electron chi connectivity index (χ3n) is 3.24. The third kappa shape index (κ3) is 4.71. The van der Waals surface area contributed by atoms with Gasteiger partial charge in [-0.25, -0.2) is 0 Å². The second-order valence-electron chi connectivity index (χ2n) is 4.96. The van der Waals surface area contributed by atoms with Crippen molar-refractivity contribution in [2.75, 3.05) is 31.2 Å². The highest BCUT2D eigenvalue weighted by atomic mass is 16.5. The molecule has 1 aliphatic heterocycles. The fourth-order valence-electron chi connectivity index (χ4n) is 2.12. The summed E-state index contributed by atoms with van der Waals surface area (Å²) >= 11 is 0. The van der Waals surface area contributed by atoms with Crippen LogP contribution in [0.25, 0.3) is 0 Å². The molecule has 0 unspecified atom stereocenters. The molecule has 2 rings (SSSR count). The molecule has 0 aromatic heterocycles. The number of esters is 1. The summed E-state index contributed by atoms with van der Waals surface area (Å²) in [6, 6.07) is 8.79. The fraction of sp³-hybridized carbons (Fsp3) is 0.375. The van der Waals surface area contributed by atoms with Gasteiger partial charge < -0.3 is 14.8 Å². The zero-order valence-corrected chi connectivity index (χ0v) is 13.0. The number of nitrogens with zero attached hydrogens (tertiary/aromatic N) is 2. The number of para-hydroxylation sites is 2. The number of rotatable bonds is 6. The molecule has 0 spiro atoms. The Morgan fingerprint density at radius 3 is 2.96 bits per heavy atom. The van der Waals surface area contributed by atoms with Gasteiger partial charge in [0, 0.05) is 6.54 Å². The summed E-state index contributed by atoms with van der Waals surface area (Å²) < 4.78 is 10.4. The zero-order chi connectivity index (χ0) is 17.4. The average molecular weight is 331 g/mol. The predicted octanol–water partition coefficient (Wildman–Crippen LogP) is 0.375. The van der Waals surface area contributed by atoms with E-state index in [1.54, 1.807) is 24.3 Å². The minimum atomic E-state index is -0.699. The lowest BCUT2D eigenvalue weighted by Crippen LogP contribution is -2.37. The van der Waals surface area contributed by atoms with E-state index in [-0.39, 0.29) is 38.4 Å². The van der Waals surface area contributed by atoms with Crippen molar-refractivity contribution in [2.24, 2.45) is 0 Å². The molecule has 2 amide bonds. The number of carbonyl (C=O) groups excluding carboxylic acids is 3. The smallest absolute Gasteiger partial charge is 0.326 e. The minimum Gasteiger partial charge on any atom is -0.491 e. The topological polar surface area (TPSA) is 109 Å². The third-order valence-corrected chi connectivity index (χ3v) is 3.24. The van der Waals surface area contributed by atoms with Crippen LogP contribution in [0.4, 0.5) is 5.69 Å². The summed E-state index contributed by atoms with van der Waals surface area (Å²) in [6.07, 6.45) is 0.329. The van der Waals surface area contributed by atoms with E-state index in [4.69, 9.17) is 14.7 Å². The molecule has 0 saturated carbocycles. The number of nitrogens with one attached hydrogen (secondary N) is 1. The minimum absolute atomic E-state index is 0.149. The molecule has 0 radical (unpaired) electrons. The predicted molar refractivity (Wildman–Crippen MR) is 83.1 cm³/mol. The van der Waals surface area contributed by atoms with Gasteiger partial charge in [0.05, 0.1) is 31.2 Å². The summed E-state index contributed by atoms with van der Waals surface area (Å²) in [5, 5.41) is 10.8. The Morgan fingerprint density at radius 1 is 1.38 bits per heavy atom. The lowest BCUT2D eigenvalue weighted by atomic mass is 10.2. The Balaban J connectivity index is 1.92. The molecule has 1 aliphatic rings. The van der Waals surface area contributed by atoms with Gasteiger partial charge in [0.15, 0.2) is 6.61 Å². The summed E-state index contributed by atoms with van der Waals surface area (Å²) in [5.74, 6) is -0.930. The van der Waals surface area contributed by atoms with Crippen LogP contribution < -0.4 is 15.0 Å². The van der Waals surface area contributed by atoms with Crippen LogP contribution >= 0.6 is 0 Å². The number of hydrogen-bond donors (Lipinski definition) is 1. The molecule has 1 N–H and O–H groups in total. The van der Waals surface area contributed by atoms with Gasteiger partial charge in [0.25, 0.3) is 5.91 Å². The first-order valence-corrected chi connectivity index (χ1v) is 7.43. The SMILES string of the molecule is N#CCCNC(=O)COC(=O)CN1C(=O)CCOc2ccccc21. The normalized spacial score (nSPS) is 13.1. The van der Waals surface area contributed by atoms with Gasteiger partial charge in [-0.05, 0) is 12.1 Å². The van der Waals surface area contributed by atoms with Crippen LogP contribution in [0.15, 0.2) is 24.3 Å². The highest BCUT2D eigenvalue weighted by Gasteiger charge is 2.25. The van der Waals surface area contributed by atoms with Crippen LogP contribution in [0.2, 0.25) is 0 Å². The average Bonchev–Trinajstić information content (AvgIpc) is 2.73. The van der Waals surface area contributed by atoms with E-state index in [0.717, 1.165) is 0 Å². The van der Waals surface area contributed by atoms with E-state index in [1.807, 2.05) is 6.07 Å². The molecule has 0 atom stereocenters. The van der Waals surface area contributed by atoms with E-state index in [9.17, 15) is 14.4 Å². The van der Waals surface area contributed by atoms with Crippen molar-refractivity contribution in [3.05, 3.63) is 24.3 Å². The Kier molecular flexibility index (Phi) is 6.14. The number of nitriles is 1. The molecule has 24 heavy (non-hydrogen) atoms. The second-order valence-corrected chi connectivity index (χ2v) is 4.96. The van der Waals surface area contributed by atoms with Gasteiger partial charge in [-0.15, -0.1) is 0 Å². The first-order valence-electron chi connectivity index (χ1n) is 7.43. The van der Waals surface area contributed by atoms with E-state index in [0.29, 0.717) is 11.4 Å². The lowest BCUT2D eigenvalue weighted by molar-refractivity contribution is -0.147. The summed E-state index contributed by atoms with van der Waals surface area (Å²) in [5.41, 5.74) is 0.496. The fourth-order valence-corrected chi connectivity index (χ4v) is 2.12. The Labute approximate surface area is 138 Å². The molecule has 1 aromatic rings. The van der Waals surface area contributed by atoms with Crippen LogP contribution in [0, 0.1) is 11.3 Å². The summed E-state index contributed by atoms with van der Waals surface area (Å²) in [6.45, 7) is -0.319. The maximum absolute atomic E-state index is 12.2. The first kappa shape index (κ1) is 17.3. The summed E-state index contributed by atoms with van der Waals surface area (Å²) in [7, 11) is 0. The highest BCUT2D eigenvalue weighted by molar-refractivity contribution is 5.99. The van der Waals surface area contributed by atoms with Crippen molar-refractivity contribution in [3.63, 3.8) is 0 Å². The number of fused-ring (bicyclic) bond motifs is 1. The molecule has 0 saturated heterocycles. The van der Waals surface area contributed by atoms with Gasteiger partial charge in [0.1, 0.15) is 12.3 Å². The molecular formula is C16H17N3O5. The van der Waals surface area contributed by atoms with Crippen molar-refractivity contribution in [1.29, 1.82) is 5.26 Å². The quantitative estimate of drug-likeness (QED) is 0.596. The van der Waals surface area contributed by atoms with Crippen molar-refractivity contribution >= 4 is 23.5 Å². The van der Waals surface area contributed by atoms with Gasteiger partial charge in [-0.3, -0.25) is 19.3 Å². The largest absolute Gasteiger partial charge is 0.491 e. The van der Waals surface area contributed by atoms with Crippen LogP contribution in [0.1, 0.15) is 12.8 Å². The molecule has 1 heterocycles. The second kappa shape index (κ2) is 8.53. The number of anilines is 1. The molecule has 0 aliphatic carbocycles. The van der Waals surface area contributed by atoms with Crippen LogP contribution in [0.5, 0.6) is 5.75 Å². The Morgan fingerprint density at radius 2 is 2.17 bits per heavy atom.